The molecular formula is C18H22F3N5O3. The maximum atomic E-state index is 13.0. The van der Waals surface area contributed by atoms with E-state index in [1.165, 1.54) is 36.8 Å². The van der Waals surface area contributed by atoms with Gasteiger partial charge in [0.15, 0.2) is 6.61 Å². The summed E-state index contributed by atoms with van der Waals surface area (Å²) in [7, 11) is 1.53. The van der Waals surface area contributed by atoms with Crippen LogP contribution in [-0.4, -0.2) is 53.4 Å². The number of carbonyl (C=O) groups excluding carboxylic acids is 2. The lowest BCUT2D eigenvalue weighted by atomic mass is 10.1. The molecule has 29 heavy (non-hydrogen) atoms. The van der Waals surface area contributed by atoms with E-state index in [0.29, 0.717) is 11.1 Å². The second-order valence-electron chi connectivity index (χ2n) is 6.48. The standard InChI is InChI=1S/C18H22F3N5O3/c1-4-14(27)25-17(10-22-5-6-24-17)16(28)26(3)9-13-7-12(2)15(23-8-13)29-11-18(19,20)21/h5-8,10,24H,4,9,11H2,1-3H3,(H,25,27). The summed E-state index contributed by atoms with van der Waals surface area (Å²) in [6, 6.07) is 1.59. The highest BCUT2D eigenvalue weighted by atomic mass is 19.4. The fourth-order valence-corrected chi connectivity index (χ4v) is 2.61. The van der Waals surface area contributed by atoms with Crippen molar-refractivity contribution in [2.45, 2.75) is 38.7 Å². The van der Waals surface area contributed by atoms with E-state index in [1.54, 1.807) is 19.9 Å². The molecule has 1 aromatic heterocycles. The van der Waals surface area contributed by atoms with Gasteiger partial charge in [0.1, 0.15) is 0 Å². The molecule has 2 heterocycles. The van der Waals surface area contributed by atoms with Gasteiger partial charge in [-0.25, -0.2) is 4.98 Å². The van der Waals surface area contributed by atoms with Crippen molar-refractivity contribution in [3.63, 3.8) is 0 Å². The number of aryl methyl sites for hydroxylation is 1. The Kier molecular flexibility index (Phi) is 6.83. The molecule has 1 aliphatic rings. The number of hydrogen-bond acceptors (Lipinski definition) is 6. The molecule has 0 bridgehead atoms. The van der Waals surface area contributed by atoms with Crippen LogP contribution in [0.5, 0.6) is 5.88 Å². The Hall–Kier alpha value is -3.11. The molecule has 11 heteroatoms. The summed E-state index contributed by atoms with van der Waals surface area (Å²) in [6.07, 6.45) is 1.25. The minimum Gasteiger partial charge on any atom is -0.468 e. The molecule has 0 radical (unpaired) electrons. The van der Waals surface area contributed by atoms with E-state index in [0.717, 1.165) is 0 Å². The summed E-state index contributed by atoms with van der Waals surface area (Å²) in [5.74, 6) is -0.940. The van der Waals surface area contributed by atoms with Crippen LogP contribution in [0.1, 0.15) is 24.5 Å². The van der Waals surface area contributed by atoms with Gasteiger partial charge < -0.3 is 20.3 Å². The van der Waals surface area contributed by atoms with Gasteiger partial charge >= 0.3 is 6.18 Å². The van der Waals surface area contributed by atoms with Gasteiger partial charge in [0, 0.05) is 44.2 Å². The molecule has 1 aliphatic heterocycles. The van der Waals surface area contributed by atoms with Gasteiger partial charge in [0.05, 0.1) is 6.21 Å². The first-order valence-corrected chi connectivity index (χ1v) is 8.75. The Morgan fingerprint density at radius 2 is 2.10 bits per heavy atom. The Labute approximate surface area is 165 Å². The third-order valence-electron chi connectivity index (χ3n) is 3.96. The van der Waals surface area contributed by atoms with Crippen LogP contribution in [-0.2, 0) is 16.1 Å². The lowest BCUT2D eigenvalue weighted by molar-refractivity contribution is -0.154. The van der Waals surface area contributed by atoms with Crippen molar-refractivity contribution in [1.29, 1.82) is 0 Å². The van der Waals surface area contributed by atoms with E-state index in [4.69, 9.17) is 0 Å². The summed E-state index contributed by atoms with van der Waals surface area (Å²) in [5, 5.41) is 5.44. The van der Waals surface area contributed by atoms with E-state index >= 15 is 0 Å². The molecule has 0 spiro atoms. The number of aromatic nitrogens is 1. The van der Waals surface area contributed by atoms with Gasteiger partial charge in [-0.05, 0) is 18.6 Å². The summed E-state index contributed by atoms with van der Waals surface area (Å²) in [6.45, 7) is 1.89. The molecule has 0 fully saturated rings. The Bertz CT molecular complexity index is 825. The number of pyridine rings is 1. The lowest BCUT2D eigenvalue weighted by Gasteiger charge is -2.34. The number of ether oxygens (including phenoxy) is 1. The summed E-state index contributed by atoms with van der Waals surface area (Å²) in [4.78, 5) is 34.1. The van der Waals surface area contributed by atoms with E-state index < -0.39 is 24.4 Å². The number of alkyl halides is 3. The Balaban J connectivity index is 2.11. The number of hydrogen-bond donors (Lipinski definition) is 2. The first kappa shape index (κ1) is 22.2. The minimum absolute atomic E-state index is 0.106. The van der Waals surface area contributed by atoms with Crippen molar-refractivity contribution in [3.8, 4) is 5.88 Å². The van der Waals surface area contributed by atoms with Crippen LogP contribution in [0.15, 0.2) is 29.7 Å². The quantitative estimate of drug-likeness (QED) is 0.709. The van der Waals surface area contributed by atoms with Crippen LogP contribution in [0.25, 0.3) is 0 Å². The molecule has 2 amide bonds. The predicted octanol–water partition coefficient (Wildman–Crippen LogP) is 1.66. The van der Waals surface area contributed by atoms with Crippen molar-refractivity contribution in [2.75, 3.05) is 13.7 Å². The third kappa shape index (κ3) is 5.93. The fraction of sp³-hybridized carbons (Fsp3) is 0.444. The van der Waals surface area contributed by atoms with Gasteiger partial charge in [0.2, 0.25) is 17.5 Å². The first-order chi connectivity index (χ1) is 13.6. The Morgan fingerprint density at radius 3 is 2.66 bits per heavy atom. The van der Waals surface area contributed by atoms with Gasteiger partial charge in [0.25, 0.3) is 5.91 Å². The summed E-state index contributed by atoms with van der Waals surface area (Å²) in [5.41, 5.74) is -0.533. The van der Waals surface area contributed by atoms with Crippen molar-refractivity contribution in [2.24, 2.45) is 4.99 Å². The maximum Gasteiger partial charge on any atom is 0.422 e. The van der Waals surface area contributed by atoms with E-state index in [1.807, 2.05) is 0 Å². The van der Waals surface area contributed by atoms with E-state index in [2.05, 4.69) is 25.3 Å². The first-order valence-electron chi connectivity index (χ1n) is 8.75. The van der Waals surface area contributed by atoms with Crippen molar-refractivity contribution < 1.29 is 27.5 Å². The highest BCUT2D eigenvalue weighted by Crippen LogP contribution is 2.21. The molecule has 0 aromatic carbocycles. The van der Waals surface area contributed by atoms with Gasteiger partial charge in [-0.1, -0.05) is 6.92 Å². The number of halogens is 3. The topological polar surface area (TPSA) is 95.9 Å². The fourth-order valence-electron chi connectivity index (χ4n) is 2.61. The predicted molar refractivity (Wildman–Crippen MR) is 98.9 cm³/mol. The van der Waals surface area contributed by atoms with Crippen LogP contribution >= 0.6 is 0 Å². The van der Waals surface area contributed by atoms with Crippen LogP contribution in [0, 0.1) is 6.92 Å². The molecule has 0 saturated heterocycles. The van der Waals surface area contributed by atoms with Gasteiger partial charge in [-0.3, -0.25) is 14.6 Å². The zero-order valence-corrected chi connectivity index (χ0v) is 16.2. The van der Waals surface area contributed by atoms with Gasteiger partial charge in [-0.2, -0.15) is 13.2 Å². The third-order valence-corrected chi connectivity index (χ3v) is 3.96. The molecule has 158 valence electrons. The van der Waals surface area contributed by atoms with Crippen molar-refractivity contribution >= 4 is 18.0 Å². The maximum absolute atomic E-state index is 13.0. The highest BCUT2D eigenvalue weighted by Gasteiger charge is 2.40. The second kappa shape index (κ2) is 8.93. The smallest absolute Gasteiger partial charge is 0.422 e. The molecule has 8 nitrogen and oxygen atoms in total. The number of amides is 2. The lowest BCUT2D eigenvalue weighted by Crippen LogP contribution is -2.67. The monoisotopic (exact) mass is 413 g/mol. The largest absolute Gasteiger partial charge is 0.468 e. The average molecular weight is 413 g/mol. The molecular weight excluding hydrogens is 391 g/mol. The molecule has 0 saturated carbocycles. The van der Waals surface area contributed by atoms with Crippen LogP contribution in [0.3, 0.4) is 0 Å². The number of rotatable bonds is 7. The normalized spacial score (nSPS) is 18.1. The van der Waals surface area contributed by atoms with Crippen LogP contribution in [0.4, 0.5) is 13.2 Å². The zero-order chi connectivity index (χ0) is 21.7. The van der Waals surface area contributed by atoms with Crippen molar-refractivity contribution in [3.05, 3.63) is 35.8 Å². The van der Waals surface area contributed by atoms with Crippen LogP contribution in [0.2, 0.25) is 0 Å². The number of carbonyl (C=O) groups is 2. The SMILES string of the molecule is CCC(=O)NC1(C(=O)N(C)Cc2cnc(OCC(F)(F)F)c(C)c2)C=NC=CN1. The van der Waals surface area contributed by atoms with Crippen LogP contribution < -0.4 is 15.4 Å². The van der Waals surface area contributed by atoms with Gasteiger partial charge in [-0.15, -0.1) is 0 Å². The molecule has 1 unspecified atom stereocenters. The number of nitrogens with zero attached hydrogens (tertiary/aromatic N) is 3. The zero-order valence-electron chi connectivity index (χ0n) is 16.2. The number of likely N-dealkylation sites (N-methyl/N-ethyl adjacent to an activating group) is 1. The highest BCUT2D eigenvalue weighted by molar-refractivity contribution is 6.06. The Morgan fingerprint density at radius 1 is 1.38 bits per heavy atom. The summed E-state index contributed by atoms with van der Waals surface area (Å²) < 4.78 is 41.6. The molecule has 1 aromatic rings. The second-order valence-corrected chi connectivity index (χ2v) is 6.48. The molecule has 2 rings (SSSR count). The number of nitrogens with one attached hydrogen (secondary N) is 2. The van der Waals surface area contributed by atoms with Crippen molar-refractivity contribution in [1.82, 2.24) is 20.5 Å². The minimum atomic E-state index is -4.46. The molecule has 1 atom stereocenters. The molecule has 0 aliphatic carbocycles. The van der Waals surface area contributed by atoms with E-state index in [9.17, 15) is 22.8 Å². The molecule has 2 N–H and O–H groups in total. The average Bonchev–Trinajstić information content (AvgIpc) is 2.66. The number of aliphatic imine (C=N–C) groups is 1. The van der Waals surface area contributed by atoms with E-state index in [-0.39, 0.29) is 24.8 Å². The summed E-state index contributed by atoms with van der Waals surface area (Å²) >= 11 is 0.